The van der Waals surface area contributed by atoms with Gasteiger partial charge in [0.2, 0.25) is 0 Å². The van der Waals surface area contributed by atoms with Crippen LogP contribution in [0.4, 0.5) is 0 Å². The van der Waals surface area contributed by atoms with Crippen LogP contribution in [0.25, 0.3) is 11.2 Å². The van der Waals surface area contributed by atoms with Gasteiger partial charge in [-0.1, -0.05) is 23.8 Å². The smallest absolute Gasteiger partial charge is 0.329 e. The van der Waals surface area contributed by atoms with Gasteiger partial charge in [0.05, 0.1) is 19.6 Å². The summed E-state index contributed by atoms with van der Waals surface area (Å²) in [6, 6.07) is 6.39. The Bertz CT molecular complexity index is 1180. The van der Waals surface area contributed by atoms with E-state index in [9.17, 15) is 9.59 Å². The molecule has 0 amide bonds. The Morgan fingerprint density at radius 2 is 1.76 bits per heavy atom. The molecule has 0 radical (unpaired) electrons. The van der Waals surface area contributed by atoms with Gasteiger partial charge >= 0.3 is 5.69 Å². The summed E-state index contributed by atoms with van der Waals surface area (Å²) in [5.74, 6) is 0.885. The van der Waals surface area contributed by atoms with Crippen LogP contribution in [0.5, 0.6) is 0 Å². The summed E-state index contributed by atoms with van der Waals surface area (Å²) in [6.45, 7) is 7.79. The third-order valence-corrected chi connectivity index (χ3v) is 6.23. The van der Waals surface area contributed by atoms with E-state index in [1.807, 2.05) is 4.57 Å². The molecule has 1 saturated heterocycles. The standard InChI is InChI=1S/C22H29N5O2/c1-15-8-9-16(2)17(12-15)13-27-18(14-26-10-6-5-7-11-26)23-20-19(27)21(28)25(4)22(29)24(20)3/h8-9,12H,5-7,10-11,13-14H2,1-4H3/p+1. The number of benzene rings is 1. The first-order chi connectivity index (χ1) is 13.9. The monoisotopic (exact) mass is 396 g/mol. The molecule has 0 aliphatic carbocycles. The van der Waals surface area contributed by atoms with Crippen LogP contribution in [0.3, 0.4) is 0 Å². The first-order valence-corrected chi connectivity index (χ1v) is 10.4. The predicted molar refractivity (Wildman–Crippen MR) is 113 cm³/mol. The van der Waals surface area contributed by atoms with Crippen molar-refractivity contribution in [1.29, 1.82) is 0 Å². The van der Waals surface area contributed by atoms with E-state index in [0.717, 1.165) is 25.5 Å². The van der Waals surface area contributed by atoms with E-state index >= 15 is 0 Å². The van der Waals surface area contributed by atoms with Gasteiger partial charge in [0.1, 0.15) is 6.54 Å². The van der Waals surface area contributed by atoms with Crippen molar-refractivity contribution in [2.24, 2.45) is 14.1 Å². The molecule has 0 atom stereocenters. The first-order valence-electron chi connectivity index (χ1n) is 10.4. The van der Waals surface area contributed by atoms with Gasteiger partial charge in [-0.3, -0.25) is 13.9 Å². The highest BCUT2D eigenvalue weighted by atomic mass is 16.2. The zero-order valence-electron chi connectivity index (χ0n) is 17.8. The minimum atomic E-state index is -0.337. The van der Waals surface area contributed by atoms with Crippen LogP contribution >= 0.6 is 0 Å². The number of piperidine rings is 1. The molecular weight excluding hydrogens is 366 g/mol. The Morgan fingerprint density at radius 3 is 2.48 bits per heavy atom. The minimum absolute atomic E-state index is 0.277. The van der Waals surface area contributed by atoms with E-state index in [1.165, 1.54) is 57.0 Å². The van der Waals surface area contributed by atoms with Crippen molar-refractivity contribution in [3.05, 3.63) is 61.6 Å². The van der Waals surface area contributed by atoms with Crippen molar-refractivity contribution in [2.75, 3.05) is 13.1 Å². The second-order valence-electron chi connectivity index (χ2n) is 8.41. The van der Waals surface area contributed by atoms with Gasteiger partial charge in [0.25, 0.3) is 5.56 Å². The Hall–Kier alpha value is -2.67. The zero-order valence-corrected chi connectivity index (χ0v) is 17.8. The van der Waals surface area contributed by atoms with E-state index in [2.05, 4.69) is 32.0 Å². The van der Waals surface area contributed by atoms with Crippen molar-refractivity contribution in [1.82, 2.24) is 18.7 Å². The number of likely N-dealkylation sites (tertiary alicyclic amines) is 1. The van der Waals surface area contributed by atoms with Gasteiger partial charge in [-0.05, 0) is 44.2 Å². The summed E-state index contributed by atoms with van der Waals surface area (Å²) in [5, 5.41) is 0. The van der Waals surface area contributed by atoms with E-state index in [0.29, 0.717) is 17.7 Å². The third kappa shape index (κ3) is 3.55. The minimum Gasteiger partial charge on any atom is -0.329 e. The summed E-state index contributed by atoms with van der Waals surface area (Å²) in [7, 11) is 3.23. The molecular formula is C22H30N5O2+. The fourth-order valence-corrected chi connectivity index (χ4v) is 4.39. The number of aryl methyl sites for hydroxylation is 3. The van der Waals surface area contributed by atoms with Crippen LogP contribution in [0.1, 0.15) is 41.8 Å². The predicted octanol–water partition coefficient (Wildman–Crippen LogP) is 0.668. The fourth-order valence-electron chi connectivity index (χ4n) is 4.39. The van der Waals surface area contributed by atoms with Crippen LogP contribution in [0.2, 0.25) is 0 Å². The average Bonchev–Trinajstić information content (AvgIpc) is 3.06. The lowest BCUT2D eigenvalue weighted by Crippen LogP contribution is -3.11. The van der Waals surface area contributed by atoms with Crippen LogP contribution < -0.4 is 16.1 Å². The molecule has 1 aromatic carbocycles. The number of nitrogens with zero attached hydrogens (tertiary/aromatic N) is 4. The van der Waals surface area contributed by atoms with Gasteiger partial charge < -0.3 is 9.47 Å². The Kier molecular flexibility index (Phi) is 5.17. The molecule has 1 N–H and O–H groups in total. The molecule has 1 aliphatic rings. The Labute approximate surface area is 170 Å². The number of aromatic nitrogens is 4. The molecule has 29 heavy (non-hydrogen) atoms. The second-order valence-corrected chi connectivity index (χ2v) is 8.41. The molecule has 1 aliphatic heterocycles. The zero-order chi connectivity index (χ0) is 20.7. The number of imidazole rings is 1. The fraction of sp³-hybridized carbons (Fsp3) is 0.500. The van der Waals surface area contributed by atoms with E-state index in [-0.39, 0.29) is 11.2 Å². The number of hydrogen-bond donors (Lipinski definition) is 1. The number of nitrogens with one attached hydrogen (secondary N) is 1. The van der Waals surface area contributed by atoms with Crippen molar-refractivity contribution >= 4 is 11.2 Å². The SMILES string of the molecule is Cc1ccc(C)c(Cn2c(C[NH+]3CCCCC3)nc3c2c(=O)n(C)c(=O)n3C)c1. The van der Waals surface area contributed by atoms with Crippen molar-refractivity contribution < 1.29 is 4.90 Å². The van der Waals surface area contributed by atoms with Crippen molar-refractivity contribution in [3.63, 3.8) is 0 Å². The Balaban J connectivity index is 1.90. The van der Waals surface area contributed by atoms with Crippen LogP contribution in [-0.4, -0.2) is 31.8 Å². The normalized spacial score (nSPS) is 15.3. The van der Waals surface area contributed by atoms with E-state index in [1.54, 1.807) is 7.05 Å². The average molecular weight is 397 g/mol. The number of quaternary nitrogens is 1. The number of rotatable bonds is 4. The topological polar surface area (TPSA) is 66.3 Å². The lowest BCUT2D eigenvalue weighted by Gasteiger charge is -2.23. The van der Waals surface area contributed by atoms with E-state index < -0.39 is 0 Å². The van der Waals surface area contributed by atoms with Crippen molar-refractivity contribution in [2.45, 2.75) is 46.2 Å². The van der Waals surface area contributed by atoms with Crippen LogP contribution in [0.15, 0.2) is 27.8 Å². The maximum absolute atomic E-state index is 13.1. The maximum atomic E-state index is 13.1. The summed E-state index contributed by atoms with van der Waals surface area (Å²) in [6.07, 6.45) is 3.75. The van der Waals surface area contributed by atoms with Crippen molar-refractivity contribution in [3.8, 4) is 0 Å². The Morgan fingerprint density at radius 1 is 1.03 bits per heavy atom. The molecule has 0 saturated carbocycles. The van der Waals surface area contributed by atoms with Gasteiger partial charge in [-0.15, -0.1) is 0 Å². The molecule has 7 heteroatoms. The lowest BCUT2D eigenvalue weighted by atomic mass is 10.1. The molecule has 0 bridgehead atoms. The molecule has 154 valence electrons. The highest BCUT2D eigenvalue weighted by Crippen LogP contribution is 2.17. The summed E-state index contributed by atoms with van der Waals surface area (Å²) >= 11 is 0. The van der Waals surface area contributed by atoms with Gasteiger partial charge in [0, 0.05) is 14.1 Å². The molecule has 0 unspecified atom stereocenters. The third-order valence-electron chi connectivity index (χ3n) is 6.23. The summed E-state index contributed by atoms with van der Waals surface area (Å²) in [4.78, 5) is 31.8. The van der Waals surface area contributed by atoms with Gasteiger partial charge in [0.15, 0.2) is 17.0 Å². The highest BCUT2D eigenvalue weighted by molar-refractivity contribution is 5.71. The number of fused-ring (bicyclic) bond motifs is 1. The molecule has 4 rings (SSSR count). The van der Waals surface area contributed by atoms with Crippen LogP contribution in [0, 0.1) is 13.8 Å². The maximum Gasteiger partial charge on any atom is 0.332 e. The molecule has 2 aromatic heterocycles. The van der Waals surface area contributed by atoms with Crippen LogP contribution in [-0.2, 0) is 27.2 Å². The second kappa shape index (κ2) is 7.63. The molecule has 3 heterocycles. The first kappa shape index (κ1) is 19.6. The quantitative estimate of drug-likeness (QED) is 0.705. The largest absolute Gasteiger partial charge is 0.332 e. The number of hydrogen-bond acceptors (Lipinski definition) is 3. The summed E-state index contributed by atoms with van der Waals surface area (Å²) in [5.41, 5.74) is 3.94. The highest BCUT2D eigenvalue weighted by Gasteiger charge is 2.23. The summed E-state index contributed by atoms with van der Waals surface area (Å²) < 4.78 is 4.72. The van der Waals surface area contributed by atoms with Gasteiger partial charge in [-0.2, -0.15) is 0 Å². The lowest BCUT2D eigenvalue weighted by molar-refractivity contribution is -0.919. The molecule has 0 spiro atoms. The molecule has 1 fully saturated rings. The van der Waals surface area contributed by atoms with Gasteiger partial charge in [-0.25, -0.2) is 9.78 Å². The molecule has 3 aromatic rings. The molecule has 7 nitrogen and oxygen atoms in total. The van der Waals surface area contributed by atoms with E-state index in [4.69, 9.17) is 4.98 Å².